The molecule has 9 nitrogen and oxygen atoms in total. The molecule has 314 valence electrons. The first-order valence-corrected chi connectivity index (χ1v) is 22.4. The van der Waals surface area contributed by atoms with E-state index in [0.717, 1.165) is 77.0 Å². The van der Waals surface area contributed by atoms with Crippen LogP contribution in [0.5, 0.6) is 0 Å². The van der Waals surface area contributed by atoms with Gasteiger partial charge in [0.15, 0.2) is 6.10 Å². The summed E-state index contributed by atoms with van der Waals surface area (Å²) in [7, 11) is -0.756. The van der Waals surface area contributed by atoms with Crippen LogP contribution in [0.25, 0.3) is 0 Å². The Bertz CT molecular complexity index is 1190. The number of carbonyl (C=O) groups excluding carboxylic acids is 2. The number of nitrogens with zero attached hydrogens (tertiary/aromatic N) is 1. The van der Waals surface area contributed by atoms with Gasteiger partial charge in [-0.2, -0.15) is 0 Å². The smallest absolute Gasteiger partial charge is 0.462 e. The Morgan fingerprint density at radius 3 is 1.60 bits per heavy atom. The molecule has 0 aliphatic rings. The standard InChI is InChI=1S/C45H76NO8P/c1-5-7-9-11-13-15-17-19-21-22-24-25-27-29-31-33-35-37-44(47)51-41-43(42-53-55(49,50)52-40-39-46(3)4)54-45(48)38-36-34-32-30-28-26-23-20-18-16-14-12-10-8-6-2/h8,10,13-16,19-21,23-25,29,31,43H,5-7,9,11-12,17-18,22,26-28,30,32-42H2,1-4H3,(H,49,50)/b10-8-,15-13-,16-14-,21-19-,23-20-,25-24-,31-29-. The summed E-state index contributed by atoms with van der Waals surface area (Å²) in [6, 6.07) is 0. The van der Waals surface area contributed by atoms with Crippen molar-refractivity contribution in [2.45, 2.75) is 148 Å². The van der Waals surface area contributed by atoms with E-state index in [0.29, 0.717) is 19.4 Å². The van der Waals surface area contributed by atoms with E-state index in [-0.39, 0.29) is 26.1 Å². The maximum absolute atomic E-state index is 12.6. The summed E-state index contributed by atoms with van der Waals surface area (Å²) >= 11 is 0. The number of phosphoric acid groups is 1. The Kier molecular flexibility index (Phi) is 37.4. The van der Waals surface area contributed by atoms with Crippen molar-refractivity contribution in [3.63, 3.8) is 0 Å². The van der Waals surface area contributed by atoms with Crippen LogP contribution >= 0.6 is 7.82 Å². The molecule has 0 aliphatic carbocycles. The Hall–Kier alpha value is -2.81. The van der Waals surface area contributed by atoms with Gasteiger partial charge in [-0.15, -0.1) is 0 Å². The number of ether oxygens (including phenoxy) is 2. The summed E-state index contributed by atoms with van der Waals surface area (Å²) in [5, 5.41) is 0. The fourth-order valence-corrected chi connectivity index (χ4v) is 5.73. The second-order valence-corrected chi connectivity index (χ2v) is 15.2. The number of hydrogen-bond acceptors (Lipinski definition) is 8. The van der Waals surface area contributed by atoms with Crippen LogP contribution in [0.2, 0.25) is 0 Å². The molecule has 0 heterocycles. The number of carbonyl (C=O) groups is 2. The van der Waals surface area contributed by atoms with Crippen molar-refractivity contribution >= 4 is 19.8 Å². The van der Waals surface area contributed by atoms with Crippen LogP contribution in [0.1, 0.15) is 142 Å². The van der Waals surface area contributed by atoms with Crippen LogP contribution in [0.15, 0.2) is 85.1 Å². The van der Waals surface area contributed by atoms with Gasteiger partial charge >= 0.3 is 19.8 Å². The number of phosphoric ester groups is 1. The lowest BCUT2D eigenvalue weighted by molar-refractivity contribution is -0.161. The molecule has 0 bridgehead atoms. The van der Waals surface area contributed by atoms with E-state index in [4.69, 9.17) is 18.5 Å². The molecule has 0 amide bonds. The first-order valence-electron chi connectivity index (χ1n) is 20.9. The average Bonchev–Trinajstić information content (AvgIpc) is 3.15. The zero-order valence-electron chi connectivity index (χ0n) is 34.8. The van der Waals surface area contributed by atoms with Crippen molar-refractivity contribution in [1.29, 1.82) is 0 Å². The molecule has 2 unspecified atom stereocenters. The highest BCUT2D eigenvalue weighted by Gasteiger charge is 2.26. The minimum absolute atomic E-state index is 0.00944. The third kappa shape index (κ3) is 40.7. The molecule has 0 radical (unpaired) electrons. The van der Waals surface area contributed by atoms with Gasteiger partial charge in [0.2, 0.25) is 0 Å². The monoisotopic (exact) mass is 790 g/mol. The lowest BCUT2D eigenvalue weighted by Gasteiger charge is -2.20. The van der Waals surface area contributed by atoms with Crippen molar-refractivity contribution in [3.05, 3.63) is 85.1 Å². The van der Waals surface area contributed by atoms with Gasteiger partial charge in [-0.25, -0.2) is 4.57 Å². The predicted octanol–water partition coefficient (Wildman–Crippen LogP) is 11.9. The fourth-order valence-electron chi connectivity index (χ4n) is 4.99. The Balaban J connectivity index is 4.46. The molecule has 1 N–H and O–H groups in total. The van der Waals surface area contributed by atoms with Gasteiger partial charge in [0.25, 0.3) is 0 Å². The highest BCUT2D eigenvalue weighted by atomic mass is 31.2. The van der Waals surface area contributed by atoms with Crippen molar-refractivity contribution in [3.8, 4) is 0 Å². The van der Waals surface area contributed by atoms with E-state index in [2.05, 4.69) is 98.9 Å². The van der Waals surface area contributed by atoms with E-state index in [1.807, 2.05) is 14.1 Å². The molecule has 0 rings (SSSR count). The lowest BCUT2D eigenvalue weighted by Crippen LogP contribution is -2.29. The second-order valence-electron chi connectivity index (χ2n) is 13.8. The summed E-state index contributed by atoms with van der Waals surface area (Å²) in [5.41, 5.74) is 0. The Morgan fingerprint density at radius 2 is 1.05 bits per heavy atom. The quantitative estimate of drug-likeness (QED) is 0.0284. The van der Waals surface area contributed by atoms with Crippen LogP contribution in [0.3, 0.4) is 0 Å². The topological polar surface area (TPSA) is 112 Å². The van der Waals surface area contributed by atoms with Crippen molar-refractivity contribution in [2.75, 3.05) is 40.5 Å². The maximum Gasteiger partial charge on any atom is 0.472 e. The molecule has 0 saturated carbocycles. The predicted molar refractivity (Wildman–Crippen MR) is 229 cm³/mol. The molecule has 0 aromatic heterocycles. The van der Waals surface area contributed by atoms with E-state index >= 15 is 0 Å². The van der Waals surface area contributed by atoms with Crippen LogP contribution in [-0.2, 0) is 32.7 Å². The van der Waals surface area contributed by atoms with Crippen LogP contribution in [0, 0.1) is 0 Å². The van der Waals surface area contributed by atoms with Gasteiger partial charge < -0.3 is 19.3 Å². The number of likely N-dealkylation sites (N-methyl/N-ethyl adjacent to an activating group) is 1. The molecule has 0 aliphatic heterocycles. The summed E-state index contributed by atoms with van der Waals surface area (Å²) in [6.45, 7) is 4.07. The van der Waals surface area contributed by atoms with Gasteiger partial charge in [-0.3, -0.25) is 18.6 Å². The number of hydrogen-bond donors (Lipinski definition) is 1. The van der Waals surface area contributed by atoms with Crippen LogP contribution in [0.4, 0.5) is 0 Å². The second kappa shape index (κ2) is 39.4. The first kappa shape index (κ1) is 52.2. The zero-order valence-corrected chi connectivity index (χ0v) is 35.7. The SMILES string of the molecule is CC/C=C\C/C=C\C/C=C\CCCCCCCC(=O)OC(COC(=O)CCC/C=C\C/C=C\C/C=C\C/C=C\CCCCC)COP(=O)(O)OCCN(C)C. The summed E-state index contributed by atoms with van der Waals surface area (Å²) < 4.78 is 33.3. The minimum atomic E-state index is -4.38. The molecule has 0 fully saturated rings. The number of rotatable bonds is 37. The summed E-state index contributed by atoms with van der Waals surface area (Å²) in [6.07, 6.45) is 47.8. The molecule has 0 spiro atoms. The molecule has 10 heteroatoms. The highest BCUT2D eigenvalue weighted by Crippen LogP contribution is 2.43. The zero-order chi connectivity index (χ0) is 40.5. The van der Waals surface area contributed by atoms with E-state index in [1.54, 1.807) is 4.90 Å². The van der Waals surface area contributed by atoms with Gasteiger partial charge in [0.05, 0.1) is 13.2 Å². The highest BCUT2D eigenvalue weighted by molar-refractivity contribution is 7.47. The molecule has 2 atom stereocenters. The Labute approximate surface area is 335 Å². The fraction of sp³-hybridized carbons (Fsp3) is 0.644. The van der Waals surface area contributed by atoms with Crippen molar-refractivity contribution in [1.82, 2.24) is 4.90 Å². The normalized spacial score (nSPS) is 14.3. The molecule has 0 saturated heterocycles. The molecular weight excluding hydrogens is 713 g/mol. The molecule has 55 heavy (non-hydrogen) atoms. The largest absolute Gasteiger partial charge is 0.472 e. The van der Waals surface area contributed by atoms with E-state index < -0.39 is 32.5 Å². The van der Waals surface area contributed by atoms with Crippen molar-refractivity contribution < 1.29 is 37.6 Å². The van der Waals surface area contributed by atoms with Gasteiger partial charge in [-0.1, -0.05) is 131 Å². The minimum Gasteiger partial charge on any atom is -0.462 e. The maximum atomic E-state index is 12.6. The lowest BCUT2D eigenvalue weighted by atomic mass is 10.1. The van der Waals surface area contributed by atoms with Gasteiger partial charge in [-0.05, 0) is 97.6 Å². The first-order chi connectivity index (χ1) is 26.7. The third-order valence-electron chi connectivity index (χ3n) is 8.19. The molecule has 0 aromatic carbocycles. The number of esters is 2. The van der Waals surface area contributed by atoms with E-state index in [1.165, 1.54) is 25.7 Å². The Morgan fingerprint density at radius 1 is 0.582 bits per heavy atom. The van der Waals surface area contributed by atoms with Crippen molar-refractivity contribution in [2.24, 2.45) is 0 Å². The molecular formula is C45H76NO8P. The third-order valence-corrected chi connectivity index (χ3v) is 9.17. The number of unbranched alkanes of at least 4 members (excludes halogenated alkanes) is 9. The van der Waals surface area contributed by atoms with Gasteiger partial charge in [0, 0.05) is 19.4 Å². The summed E-state index contributed by atoms with van der Waals surface area (Å²) in [5.74, 6) is -0.898. The number of allylic oxidation sites excluding steroid dienone is 14. The van der Waals surface area contributed by atoms with Gasteiger partial charge in [0.1, 0.15) is 6.61 Å². The van der Waals surface area contributed by atoms with E-state index in [9.17, 15) is 19.0 Å². The average molecular weight is 790 g/mol. The van der Waals surface area contributed by atoms with Crippen LogP contribution in [-0.4, -0.2) is 68.3 Å². The summed E-state index contributed by atoms with van der Waals surface area (Å²) in [4.78, 5) is 36.9. The van der Waals surface area contributed by atoms with Crippen LogP contribution < -0.4 is 0 Å². The molecule has 0 aromatic rings.